The first-order valence-electron chi connectivity index (χ1n) is 4.47. The van der Waals surface area contributed by atoms with E-state index in [4.69, 9.17) is 4.42 Å². The molecule has 78 valence electrons. The van der Waals surface area contributed by atoms with Crippen molar-refractivity contribution < 1.29 is 9.21 Å². The number of aromatic nitrogens is 2. The number of rotatable bonds is 3. The molecule has 6 heteroatoms. The second kappa shape index (κ2) is 4.22. The number of anilines is 1. The van der Waals surface area contributed by atoms with Crippen LogP contribution >= 0.6 is 11.3 Å². The quantitative estimate of drug-likeness (QED) is 0.865. The van der Waals surface area contributed by atoms with Gasteiger partial charge in [-0.2, -0.15) is 0 Å². The van der Waals surface area contributed by atoms with Crippen LogP contribution in [-0.2, 0) is 4.79 Å². The van der Waals surface area contributed by atoms with Crippen LogP contribution in [0.25, 0.3) is 10.8 Å². The first kappa shape index (κ1) is 9.85. The van der Waals surface area contributed by atoms with E-state index in [9.17, 15) is 4.79 Å². The van der Waals surface area contributed by atoms with Gasteiger partial charge in [-0.05, 0) is 12.1 Å². The van der Waals surface area contributed by atoms with Gasteiger partial charge in [-0.1, -0.05) is 18.3 Å². The van der Waals surface area contributed by atoms with Gasteiger partial charge in [0.05, 0.1) is 6.26 Å². The highest BCUT2D eigenvalue weighted by Crippen LogP contribution is 2.26. The molecule has 0 atom stereocenters. The number of furan rings is 1. The minimum absolute atomic E-state index is 0.0721. The molecular weight excluding hydrogens is 214 g/mol. The van der Waals surface area contributed by atoms with Crippen molar-refractivity contribution >= 4 is 22.4 Å². The summed E-state index contributed by atoms with van der Waals surface area (Å²) in [4.78, 5) is 11.1. The molecule has 2 rings (SSSR count). The topological polar surface area (TPSA) is 68.0 Å². The Morgan fingerprint density at radius 3 is 3.13 bits per heavy atom. The van der Waals surface area contributed by atoms with Crippen LogP contribution in [0.5, 0.6) is 0 Å². The second-order valence-electron chi connectivity index (χ2n) is 2.79. The molecule has 0 spiro atoms. The van der Waals surface area contributed by atoms with Crippen LogP contribution < -0.4 is 5.32 Å². The number of hydrogen-bond donors (Lipinski definition) is 1. The minimum atomic E-state index is -0.0721. The van der Waals surface area contributed by atoms with Crippen LogP contribution in [0.2, 0.25) is 0 Å². The molecule has 1 N–H and O–H groups in total. The molecule has 5 nitrogen and oxygen atoms in total. The van der Waals surface area contributed by atoms with Crippen LogP contribution in [-0.4, -0.2) is 16.1 Å². The third-order valence-corrected chi connectivity index (χ3v) is 2.58. The molecule has 0 aliphatic heterocycles. The Morgan fingerprint density at radius 2 is 2.47 bits per heavy atom. The molecule has 2 aromatic heterocycles. The summed E-state index contributed by atoms with van der Waals surface area (Å²) in [6.07, 6.45) is 2.00. The normalized spacial score (nSPS) is 10.2. The van der Waals surface area contributed by atoms with Gasteiger partial charge in [0, 0.05) is 6.42 Å². The van der Waals surface area contributed by atoms with Crippen molar-refractivity contribution in [3.05, 3.63) is 18.4 Å². The number of hydrogen-bond acceptors (Lipinski definition) is 5. The third-order valence-electron chi connectivity index (χ3n) is 1.72. The lowest BCUT2D eigenvalue weighted by Crippen LogP contribution is -2.08. The highest BCUT2D eigenvalue weighted by atomic mass is 32.1. The van der Waals surface area contributed by atoms with E-state index in [1.165, 1.54) is 11.3 Å². The molecule has 0 fully saturated rings. The monoisotopic (exact) mass is 223 g/mol. The molecule has 2 heterocycles. The third kappa shape index (κ3) is 2.21. The number of carbonyl (C=O) groups is 1. The lowest BCUT2D eigenvalue weighted by atomic mass is 10.5. The fourth-order valence-corrected chi connectivity index (χ4v) is 1.71. The molecule has 0 bridgehead atoms. The molecule has 1 amide bonds. The van der Waals surface area contributed by atoms with Crippen molar-refractivity contribution in [1.29, 1.82) is 0 Å². The maximum atomic E-state index is 11.1. The number of amides is 1. The standard InChI is InChI=1S/C9H9N3O2S/c1-2-7(13)10-9-12-11-8(15-9)6-4-3-5-14-6/h3-5H,2H2,1H3,(H,10,12,13). The molecule has 0 unspecified atom stereocenters. The summed E-state index contributed by atoms with van der Waals surface area (Å²) in [5.74, 6) is 0.585. The molecule has 0 saturated heterocycles. The smallest absolute Gasteiger partial charge is 0.225 e. The summed E-state index contributed by atoms with van der Waals surface area (Å²) < 4.78 is 5.16. The van der Waals surface area contributed by atoms with Crippen molar-refractivity contribution in [2.24, 2.45) is 0 Å². The van der Waals surface area contributed by atoms with E-state index in [0.29, 0.717) is 22.3 Å². The summed E-state index contributed by atoms with van der Waals surface area (Å²) in [6.45, 7) is 1.78. The highest BCUT2D eigenvalue weighted by Gasteiger charge is 2.09. The van der Waals surface area contributed by atoms with Gasteiger partial charge in [-0.3, -0.25) is 4.79 Å². The predicted octanol–water partition coefficient (Wildman–Crippen LogP) is 2.15. The van der Waals surface area contributed by atoms with E-state index in [0.717, 1.165) is 0 Å². The van der Waals surface area contributed by atoms with Gasteiger partial charge in [0.1, 0.15) is 0 Å². The minimum Gasteiger partial charge on any atom is -0.462 e. The zero-order chi connectivity index (χ0) is 10.7. The van der Waals surface area contributed by atoms with Crippen molar-refractivity contribution in [3.63, 3.8) is 0 Å². The van der Waals surface area contributed by atoms with Gasteiger partial charge in [0.15, 0.2) is 10.8 Å². The maximum Gasteiger partial charge on any atom is 0.225 e. The first-order valence-corrected chi connectivity index (χ1v) is 5.28. The van der Waals surface area contributed by atoms with Crippen LogP contribution in [0.1, 0.15) is 13.3 Å². The Labute approximate surface area is 90.1 Å². The summed E-state index contributed by atoms with van der Waals surface area (Å²) in [5, 5.41) is 11.5. The van der Waals surface area contributed by atoms with E-state index < -0.39 is 0 Å². The van der Waals surface area contributed by atoms with Crippen molar-refractivity contribution in [3.8, 4) is 10.8 Å². The zero-order valence-corrected chi connectivity index (χ0v) is 8.87. The summed E-state index contributed by atoms with van der Waals surface area (Å²) in [7, 11) is 0. The molecule has 0 aromatic carbocycles. The van der Waals surface area contributed by atoms with Crippen LogP contribution in [0.3, 0.4) is 0 Å². The molecule has 2 aromatic rings. The van der Waals surface area contributed by atoms with E-state index in [1.807, 2.05) is 0 Å². The van der Waals surface area contributed by atoms with Crippen molar-refractivity contribution in [2.75, 3.05) is 5.32 Å². The summed E-state index contributed by atoms with van der Waals surface area (Å²) in [5.41, 5.74) is 0. The fraction of sp³-hybridized carbons (Fsp3) is 0.222. The summed E-state index contributed by atoms with van der Waals surface area (Å²) in [6, 6.07) is 3.58. The molecule has 0 aliphatic carbocycles. The second-order valence-corrected chi connectivity index (χ2v) is 3.77. The fourth-order valence-electron chi connectivity index (χ4n) is 0.981. The summed E-state index contributed by atoms with van der Waals surface area (Å²) >= 11 is 1.29. The van der Waals surface area contributed by atoms with Crippen LogP contribution in [0.4, 0.5) is 5.13 Å². The largest absolute Gasteiger partial charge is 0.462 e. The van der Waals surface area contributed by atoms with E-state index >= 15 is 0 Å². The zero-order valence-electron chi connectivity index (χ0n) is 8.06. The van der Waals surface area contributed by atoms with E-state index in [1.54, 1.807) is 25.3 Å². The number of carbonyl (C=O) groups excluding carboxylic acids is 1. The first-order chi connectivity index (χ1) is 7.29. The number of nitrogens with zero attached hydrogens (tertiary/aromatic N) is 2. The van der Waals surface area contributed by atoms with Gasteiger partial charge < -0.3 is 9.73 Å². The maximum absolute atomic E-state index is 11.1. The van der Waals surface area contributed by atoms with Gasteiger partial charge in [0.25, 0.3) is 0 Å². The average Bonchev–Trinajstić information content (AvgIpc) is 2.85. The Hall–Kier alpha value is -1.69. The van der Waals surface area contributed by atoms with Crippen molar-refractivity contribution in [1.82, 2.24) is 10.2 Å². The van der Waals surface area contributed by atoms with Gasteiger partial charge in [0.2, 0.25) is 11.0 Å². The highest BCUT2D eigenvalue weighted by molar-refractivity contribution is 7.18. The van der Waals surface area contributed by atoms with E-state index in [2.05, 4.69) is 15.5 Å². The lowest BCUT2D eigenvalue weighted by molar-refractivity contribution is -0.115. The Kier molecular flexibility index (Phi) is 2.77. The SMILES string of the molecule is CCC(=O)Nc1nnc(-c2ccco2)s1. The average molecular weight is 223 g/mol. The molecule has 15 heavy (non-hydrogen) atoms. The molecule has 0 radical (unpaired) electrons. The van der Waals surface area contributed by atoms with Crippen LogP contribution in [0, 0.1) is 0 Å². The number of nitrogens with one attached hydrogen (secondary N) is 1. The van der Waals surface area contributed by atoms with Gasteiger partial charge in [-0.15, -0.1) is 10.2 Å². The Morgan fingerprint density at radius 1 is 1.60 bits per heavy atom. The van der Waals surface area contributed by atoms with Gasteiger partial charge >= 0.3 is 0 Å². The van der Waals surface area contributed by atoms with Crippen molar-refractivity contribution in [2.45, 2.75) is 13.3 Å². The predicted molar refractivity (Wildman–Crippen MR) is 56.5 cm³/mol. The van der Waals surface area contributed by atoms with E-state index in [-0.39, 0.29) is 5.91 Å². The molecule has 0 saturated carbocycles. The molecule has 0 aliphatic rings. The van der Waals surface area contributed by atoms with Crippen LogP contribution in [0.15, 0.2) is 22.8 Å². The van der Waals surface area contributed by atoms with Gasteiger partial charge in [-0.25, -0.2) is 0 Å². The molecular formula is C9H9N3O2S. The Balaban J connectivity index is 2.14. The lowest BCUT2D eigenvalue weighted by Gasteiger charge is -1.94. The Bertz CT molecular complexity index is 450.